The maximum absolute atomic E-state index is 11.3. The molecule has 20 heavy (non-hydrogen) atoms. The molecule has 0 radical (unpaired) electrons. The third-order valence-corrected chi connectivity index (χ3v) is 2.62. The largest absolute Gasteiger partial charge is 0.481 e. The van der Waals surface area contributed by atoms with Crippen molar-refractivity contribution in [3.8, 4) is 0 Å². The van der Waals surface area contributed by atoms with Gasteiger partial charge in [-0.3, -0.25) is 9.59 Å². The fraction of sp³-hybridized carbons (Fsp3) is 0.308. The SMILES string of the molecule is O=C(O)CC(CC(=O)O)(OCc1ccccc1)C(=O)O. The molecule has 7 nitrogen and oxygen atoms in total. The quantitative estimate of drug-likeness (QED) is 0.649. The van der Waals surface area contributed by atoms with Crippen molar-refractivity contribution in [3.63, 3.8) is 0 Å². The van der Waals surface area contributed by atoms with Gasteiger partial charge in [-0.2, -0.15) is 0 Å². The third kappa shape index (κ3) is 4.36. The first-order valence-corrected chi connectivity index (χ1v) is 5.70. The Bertz CT molecular complexity index is 479. The summed E-state index contributed by atoms with van der Waals surface area (Å²) >= 11 is 0. The van der Waals surface area contributed by atoms with Crippen LogP contribution in [0.15, 0.2) is 30.3 Å². The van der Waals surface area contributed by atoms with Gasteiger partial charge in [0.25, 0.3) is 0 Å². The van der Waals surface area contributed by atoms with Gasteiger partial charge in [0.2, 0.25) is 0 Å². The van der Waals surface area contributed by atoms with Crippen LogP contribution in [0.4, 0.5) is 0 Å². The summed E-state index contributed by atoms with van der Waals surface area (Å²) in [6.45, 7) is -0.187. The minimum atomic E-state index is -2.28. The zero-order valence-electron chi connectivity index (χ0n) is 10.5. The number of carboxylic acids is 3. The second kappa shape index (κ2) is 6.67. The number of hydrogen-bond acceptors (Lipinski definition) is 4. The Morgan fingerprint density at radius 3 is 1.85 bits per heavy atom. The summed E-state index contributed by atoms with van der Waals surface area (Å²) in [7, 11) is 0. The van der Waals surface area contributed by atoms with E-state index in [1.165, 1.54) is 0 Å². The summed E-state index contributed by atoms with van der Waals surface area (Å²) < 4.78 is 5.14. The smallest absolute Gasteiger partial charge is 0.337 e. The molecule has 1 aromatic rings. The standard InChI is InChI=1S/C13H14O7/c14-10(15)6-13(12(18)19,7-11(16)17)20-8-9-4-2-1-3-5-9/h1-5H,6-8H2,(H,14,15)(H,16,17)(H,18,19). The average molecular weight is 282 g/mol. The summed E-state index contributed by atoms with van der Waals surface area (Å²) in [5.41, 5.74) is -1.66. The molecular formula is C13H14O7. The maximum Gasteiger partial charge on any atom is 0.337 e. The molecule has 0 aliphatic heterocycles. The second-order valence-electron chi connectivity index (χ2n) is 4.21. The molecule has 0 unspecified atom stereocenters. The molecule has 0 atom stereocenters. The normalized spacial score (nSPS) is 11.0. The zero-order chi connectivity index (χ0) is 15.2. The van der Waals surface area contributed by atoms with Crippen LogP contribution in [0.5, 0.6) is 0 Å². The molecule has 0 aliphatic carbocycles. The summed E-state index contributed by atoms with van der Waals surface area (Å²) in [4.78, 5) is 32.8. The molecule has 0 bridgehead atoms. The molecule has 0 amide bonds. The molecule has 1 aromatic carbocycles. The highest BCUT2D eigenvalue weighted by Crippen LogP contribution is 2.24. The number of ether oxygens (including phenoxy) is 1. The first-order valence-electron chi connectivity index (χ1n) is 5.70. The molecule has 0 aliphatic rings. The van der Waals surface area contributed by atoms with Crippen LogP contribution in [0.3, 0.4) is 0 Å². The lowest BCUT2D eigenvalue weighted by Crippen LogP contribution is -2.45. The van der Waals surface area contributed by atoms with E-state index in [1.54, 1.807) is 30.3 Å². The van der Waals surface area contributed by atoms with E-state index in [2.05, 4.69) is 0 Å². The van der Waals surface area contributed by atoms with E-state index in [4.69, 9.17) is 20.1 Å². The molecule has 3 N–H and O–H groups in total. The van der Waals surface area contributed by atoms with Gasteiger partial charge in [0.15, 0.2) is 5.60 Å². The van der Waals surface area contributed by atoms with Crippen molar-refractivity contribution >= 4 is 17.9 Å². The Morgan fingerprint density at radius 1 is 0.950 bits per heavy atom. The molecule has 0 spiro atoms. The molecule has 108 valence electrons. The first-order chi connectivity index (χ1) is 9.35. The highest BCUT2D eigenvalue weighted by molar-refractivity contribution is 5.88. The Labute approximate surface area is 114 Å². The zero-order valence-corrected chi connectivity index (χ0v) is 10.5. The van der Waals surface area contributed by atoms with Crippen LogP contribution >= 0.6 is 0 Å². The van der Waals surface area contributed by atoms with Crippen molar-refractivity contribution < 1.29 is 34.4 Å². The van der Waals surface area contributed by atoms with Crippen molar-refractivity contribution in [3.05, 3.63) is 35.9 Å². The van der Waals surface area contributed by atoms with E-state index < -0.39 is 36.4 Å². The van der Waals surface area contributed by atoms with Gasteiger partial charge in [0.05, 0.1) is 19.4 Å². The van der Waals surface area contributed by atoms with Crippen LogP contribution in [-0.4, -0.2) is 38.8 Å². The van der Waals surface area contributed by atoms with Gasteiger partial charge >= 0.3 is 17.9 Å². The topological polar surface area (TPSA) is 121 Å². The second-order valence-corrected chi connectivity index (χ2v) is 4.21. The molecular weight excluding hydrogens is 268 g/mol. The van der Waals surface area contributed by atoms with Crippen LogP contribution < -0.4 is 0 Å². The lowest BCUT2D eigenvalue weighted by Gasteiger charge is -2.26. The number of benzene rings is 1. The summed E-state index contributed by atoms with van der Waals surface area (Å²) in [6.07, 6.45) is -1.86. The molecule has 7 heteroatoms. The third-order valence-electron chi connectivity index (χ3n) is 2.62. The number of hydrogen-bond donors (Lipinski definition) is 3. The van der Waals surface area contributed by atoms with E-state index in [0.717, 1.165) is 0 Å². The Balaban J connectivity index is 2.93. The number of carbonyl (C=O) groups is 3. The van der Waals surface area contributed by atoms with Gasteiger partial charge in [-0.15, -0.1) is 0 Å². The fourth-order valence-electron chi connectivity index (χ4n) is 1.66. The van der Waals surface area contributed by atoms with Gasteiger partial charge in [0, 0.05) is 0 Å². The predicted octanol–water partition coefficient (Wildman–Crippen LogP) is 0.976. The summed E-state index contributed by atoms with van der Waals surface area (Å²) in [6, 6.07) is 8.48. The number of carboxylic acid groups (broad SMARTS) is 3. The van der Waals surface area contributed by atoms with Gasteiger partial charge < -0.3 is 20.1 Å². The fourth-order valence-corrected chi connectivity index (χ4v) is 1.66. The van der Waals surface area contributed by atoms with Gasteiger partial charge in [-0.25, -0.2) is 4.79 Å². The molecule has 1 rings (SSSR count). The molecule has 0 saturated carbocycles. The van der Waals surface area contributed by atoms with Crippen LogP contribution in [0, 0.1) is 0 Å². The number of rotatable bonds is 8. The van der Waals surface area contributed by atoms with Crippen molar-refractivity contribution in [1.29, 1.82) is 0 Å². The summed E-state index contributed by atoms with van der Waals surface area (Å²) in [5, 5.41) is 26.7. The lowest BCUT2D eigenvalue weighted by molar-refractivity contribution is -0.180. The lowest BCUT2D eigenvalue weighted by atomic mass is 9.95. The van der Waals surface area contributed by atoms with Gasteiger partial charge in [-0.05, 0) is 5.56 Å². The van der Waals surface area contributed by atoms with Crippen molar-refractivity contribution in [2.45, 2.75) is 25.0 Å². The molecule has 0 saturated heterocycles. The average Bonchev–Trinajstić information content (AvgIpc) is 2.35. The highest BCUT2D eigenvalue weighted by atomic mass is 16.5. The van der Waals surface area contributed by atoms with E-state index in [-0.39, 0.29) is 6.61 Å². The van der Waals surface area contributed by atoms with Crippen LogP contribution in [-0.2, 0) is 25.7 Å². The predicted molar refractivity (Wildman–Crippen MR) is 66.1 cm³/mol. The van der Waals surface area contributed by atoms with Crippen molar-refractivity contribution in [1.82, 2.24) is 0 Å². The Morgan fingerprint density at radius 2 is 1.45 bits per heavy atom. The van der Waals surface area contributed by atoms with E-state index in [0.29, 0.717) is 5.56 Å². The minimum Gasteiger partial charge on any atom is -0.481 e. The molecule has 0 fully saturated rings. The van der Waals surface area contributed by atoms with E-state index >= 15 is 0 Å². The number of aliphatic carboxylic acids is 3. The van der Waals surface area contributed by atoms with Gasteiger partial charge in [0.1, 0.15) is 0 Å². The molecule has 0 aromatic heterocycles. The monoisotopic (exact) mass is 282 g/mol. The molecule has 0 heterocycles. The van der Waals surface area contributed by atoms with Gasteiger partial charge in [-0.1, -0.05) is 30.3 Å². The minimum absolute atomic E-state index is 0.187. The van der Waals surface area contributed by atoms with Crippen molar-refractivity contribution in [2.75, 3.05) is 0 Å². The highest BCUT2D eigenvalue weighted by Gasteiger charge is 2.44. The summed E-state index contributed by atoms with van der Waals surface area (Å²) in [5.74, 6) is -4.50. The maximum atomic E-state index is 11.3. The van der Waals surface area contributed by atoms with Crippen LogP contribution in [0.25, 0.3) is 0 Å². The Kier molecular flexibility index (Phi) is 5.22. The van der Waals surface area contributed by atoms with Crippen LogP contribution in [0.2, 0.25) is 0 Å². The van der Waals surface area contributed by atoms with Crippen LogP contribution in [0.1, 0.15) is 18.4 Å². The first kappa shape index (κ1) is 15.6. The van der Waals surface area contributed by atoms with Crippen molar-refractivity contribution in [2.24, 2.45) is 0 Å². The van der Waals surface area contributed by atoms with E-state index in [1.807, 2.05) is 0 Å². The van der Waals surface area contributed by atoms with E-state index in [9.17, 15) is 14.4 Å². The Hall–Kier alpha value is -2.41.